The molecule has 4 rings (SSSR count). The van der Waals surface area contributed by atoms with Crippen LogP contribution < -0.4 is 14.8 Å². The van der Waals surface area contributed by atoms with Crippen LogP contribution in [-0.2, 0) is 4.79 Å². The third-order valence-electron chi connectivity index (χ3n) is 4.67. The SMILES string of the molecule is Cc1ccc(C)c(-n2ccnc2SCC(=O)Nc2cc3c(cc2Cl)OCCCO3)c1. The van der Waals surface area contributed by atoms with E-state index in [1.54, 1.807) is 18.3 Å². The van der Waals surface area contributed by atoms with Gasteiger partial charge in [-0.05, 0) is 31.0 Å². The van der Waals surface area contributed by atoms with Crippen molar-refractivity contribution in [1.29, 1.82) is 0 Å². The largest absolute Gasteiger partial charge is 0.490 e. The molecule has 30 heavy (non-hydrogen) atoms. The maximum atomic E-state index is 12.6. The summed E-state index contributed by atoms with van der Waals surface area (Å²) in [6.45, 7) is 5.26. The quantitative estimate of drug-likeness (QED) is 0.560. The van der Waals surface area contributed by atoms with Gasteiger partial charge in [0, 0.05) is 30.9 Å². The Hall–Kier alpha value is -2.64. The molecule has 0 fully saturated rings. The molecule has 0 saturated carbocycles. The molecule has 0 spiro atoms. The first-order chi connectivity index (χ1) is 14.5. The molecule has 1 aliphatic rings. The zero-order chi connectivity index (χ0) is 21.1. The number of rotatable bonds is 5. The number of benzene rings is 2. The third kappa shape index (κ3) is 4.57. The Balaban J connectivity index is 1.45. The molecule has 8 heteroatoms. The zero-order valence-corrected chi connectivity index (χ0v) is 18.3. The number of amides is 1. The Morgan fingerprint density at radius 2 is 1.97 bits per heavy atom. The number of carbonyl (C=O) groups excluding carboxylic acids is 1. The summed E-state index contributed by atoms with van der Waals surface area (Å²) in [4.78, 5) is 17.0. The second-order valence-electron chi connectivity index (χ2n) is 7.04. The van der Waals surface area contributed by atoms with Crippen molar-refractivity contribution < 1.29 is 14.3 Å². The van der Waals surface area contributed by atoms with E-state index in [1.807, 2.05) is 10.8 Å². The van der Waals surface area contributed by atoms with Gasteiger partial charge in [0.15, 0.2) is 16.7 Å². The fourth-order valence-corrected chi connectivity index (χ4v) is 4.12. The van der Waals surface area contributed by atoms with Crippen LogP contribution in [0.2, 0.25) is 5.02 Å². The number of nitrogens with zero attached hydrogens (tertiary/aromatic N) is 2. The van der Waals surface area contributed by atoms with Gasteiger partial charge in [0.25, 0.3) is 0 Å². The van der Waals surface area contributed by atoms with Gasteiger partial charge in [0.1, 0.15) is 0 Å². The number of halogens is 1. The first-order valence-electron chi connectivity index (χ1n) is 9.64. The number of anilines is 1. The molecule has 156 valence electrons. The Morgan fingerprint density at radius 1 is 1.20 bits per heavy atom. The summed E-state index contributed by atoms with van der Waals surface area (Å²) >= 11 is 7.69. The van der Waals surface area contributed by atoms with Crippen LogP contribution in [-0.4, -0.2) is 34.4 Å². The Labute approximate surface area is 184 Å². The number of ether oxygens (including phenoxy) is 2. The number of aromatic nitrogens is 2. The highest BCUT2D eigenvalue weighted by Gasteiger charge is 2.16. The molecule has 0 bridgehead atoms. The summed E-state index contributed by atoms with van der Waals surface area (Å²) in [5, 5.41) is 4.02. The topological polar surface area (TPSA) is 65.4 Å². The molecule has 2 aromatic carbocycles. The van der Waals surface area contributed by atoms with Crippen molar-refractivity contribution in [3.63, 3.8) is 0 Å². The molecule has 0 atom stereocenters. The highest BCUT2D eigenvalue weighted by molar-refractivity contribution is 7.99. The molecule has 0 unspecified atom stereocenters. The number of aryl methyl sites for hydroxylation is 2. The van der Waals surface area contributed by atoms with Gasteiger partial charge in [-0.15, -0.1) is 0 Å². The molecule has 1 aliphatic heterocycles. The Bertz CT molecular complexity index is 1080. The highest BCUT2D eigenvalue weighted by Crippen LogP contribution is 2.37. The smallest absolute Gasteiger partial charge is 0.234 e. The van der Waals surface area contributed by atoms with Crippen LogP contribution in [0.4, 0.5) is 5.69 Å². The molecule has 0 radical (unpaired) electrons. The van der Waals surface area contributed by atoms with Crippen LogP contribution in [0.1, 0.15) is 17.5 Å². The number of hydrogen-bond donors (Lipinski definition) is 1. The van der Waals surface area contributed by atoms with E-state index in [-0.39, 0.29) is 11.7 Å². The Kier molecular flexibility index (Phi) is 6.20. The average molecular weight is 444 g/mol. The molecule has 0 aliphatic carbocycles. The monoisotopic (exact) mass is 443 g/mol. The second kappa shape index (κ2) is 9.02. The summed E-state index contributed by atoms with van der Waals surface area (Å²) in [7, 11) is 0. The molecule has 1 N–H and O–H groups in total. The van der Waals surface area contributed by atoms with Crippen molar-refractivity contribution in [3.05, 3.63) is 58.9 Å². The fraction of sp³-hybridized carbons (Fsp3) is 0.273. The van der Waals surface area contributed by atoms with Gasteiger partial charge in [-0.3, -0.25) is 9.36 Å². The fourth-order valence-electron chi connectivity index (χ4n) is 3.15. The minimum absolute atomic E-state index is 0.174. The minimum atomic E-state index is -0.174. The van der Waals surface area contributed by atoms with Gasteiger partial charge in [-0.1, -0.05) is 35.5 Å². The number of fused-ring (bicyclic) bond motifs is 1. The Morgan fingerprint density at radius 3 is 2.77 bits per heavy atom. The van der Waals surface area contributed by atoms with Crippen LogP contribution in [0.5, 0.6) is 11.5 Å². The lowest BCUT2D eigenvalue weighted by Crippen LogP contribution is -2.15. The number of imidazole rings is 1. The maximum absolute atomic E-state index is 12.6. The van der Waals surface area contributed by atoms with Crippen molar-refractivity contribution >= 4 is 35.0 Å². The van der Waals surface area contributed by atoms with Gasteiger partial charge >= 0.3 is 0 Å². The highest BCUT2D eigenvalue weighted by atomic mass is 35.5. The van der Waals surface area contributed by atoms with E-state index in [1.165, 1.54) is 17.3 Å². The molecule has 1 aromatic heterocycles. The molecule has 2 heterocycles. The average Bonchev–Trinajstić information content (AvgIpc) is 3.07. The van der Waals surface area contributed by atoms with Crippen LogP contribution in [0.3, 0.4) is 0 Å². The van der Waals surface area contributed by atoms with Crippen LogP contribution in [0.15, 0.2) is 47.9 Å². The van der Waals surface area contributed by atoms with E-state index in [9.17, 15) is 4.79 Å². The van der Waals surface area contributed by atoms with E-state index in [4.69, 9.17) is 21.1 Å². The maximum Gasteiger partial charge on any atom is 0.234 e. The van der Waals surface area contributed by atoms with E-state index in [2.05, 4.69) is 42.3 Å². The van der Waals surface area contributed by atoms with Gasteiger partial charge in [-0.2, -0.15) is 0 Å². The second-order valence-corrected chi connectivity index (χ2v) is 8.39. The molecule has 6 nitrogen and oxygen atoms in total. The normalized spacial score (nSPS) is 13.0. The number of nitrogens with one attached hydrogen (secondary N) is 1. The van der Waals surface area contributed by atoms with Gasteiger partial charge < -0.3 is 14.8 Å². The van der Waals surface area contributed by atoms with Gasteiger partial charge in [-0.25, -0.2) is 4.98 Å². The van der Waals surface area contributed by atoms with Crippen molar-refractivity contribution in [2.24, 2.45) is 0 Å². The van der Waals surface area contributed by atoms with Crippen LogP contribution >= 0.6 is 23.4 Å². The van der Waals surface area contributed by atoms with Crippen molar-refractivity contribution in [1.82, 2.24) is 9.55 Å². The predicted octanol–water partition coefficient (Wildman–Crippen LogP) is 5.03. The molecule has 1 amide bonds. The van der Waals surface area contributed by atoms with E-state index in [0.717, 1.165) is 22.8 Å². The van der Waals surface area contributed by atoms with Crippen molar-refractivity contribution in [2.45, 2.75) is 25.4 Å². The first kappa shape index (κ1) is 20.6. The van der Waals surface area contributed by atoms with E-state index >= 15 is 0 Å². The van der Waals surface area contributed by atoms with Crippen LogP contribution in [0.25, 0.3) is 5.69 Å². The summed E-state index contributed by atoms with van der Waals surface area (Å²) in [6, 6.07) is 9.66. The van der Waals surface area contributed by atoms with Gasteiger partial charge in [0.2, 0.25) is 5.91 Å². The summed E-state index contributed by atoms with van der Waals surface area (Å²) < 4.78 is 13.3. The van der Waals surface area contributed by atoms with E-state index < -0.39 is 0 Å². The molecule has 0 saturated heterocycles. The first-order valence-corrected chi connectivity index (χ1v) is 11.0. The summed E-state index contributed by atoms with van der Waals surface area (Å²) in [5.74, 6) is 1.21. The summed E-state index contributed by atoms with van der Waals surface area (Å²) in [5.41, 5.74) is 3.87. The van der Waals surface area contributed by atoms with Crippen molar-refractivity contribution in [3.8, 4) is 17.2 Å². The van der Waals surface area contributed by atoms with E-state index in [0.29, 0.717) is 35.4 Å². The predicted molar refractivity (Wildman–Crippen MR) is 119 cm³/mol. The lowest BCUT2D eigenvalue weighted by Gasteiger charge is -2.13. The van der Waals surface area contributed by atoms with Crippen LogP contribution in [0, 0.1) is 13.8 Å². The lowest BCUT2D eigenvalue weighted by molar-refractivity contribution is -0.113. The minimum Gasteiger partial charge on any atom is -0.490 e. The van der Waals surface area contributed by atoms with Gasteiger partial charge in [0.05, 0.1) is 35.4 Å². The van der Waals surface area contributed by atoms with Crippen molar-refractivity contribution in [2.75, 3.05) is 24.3 Å². The molecular formula is C22H22ClN3O3S. The summed E-state index contributed by atoms with van der Waals surface area (Å²) in [6.07, 6.45) is 4.45. The zero-order valence-electron chi connectivity index (χ0n) is 16.8. The number of thioether (sulfide) groups is 1. The third-order valence-corrected chi connectivity index (χ3v) is 5.95. The molecule has 3 aromatic rings. The number of carbonyl (C=O) groups is 1. The molecular weight excluding hydrogens is 422 g/mol. The number of hydrogen-bond acceptors (Lipinski definition) is 5. The lowest BCUT2D eigenvalue weighted by atomic mass is 10.1. The standard InChI is InChI=1S/C22H22ClN3O3S/c1-14-4-5-15(2)18(10-14)26-7-6-24-22(26)30-13-21(27)25-17-12-20-19(11-16(17)23)28-8-3-9-29-20/h4-7,10-12H,3,8-9,13H2,1-2H3,(H,25,27).